The van der Waals surface area contributed by atoms with Gasteiger partial charge < -0.3 is 11.1 Å². The predicted molar refractivity (Wildman–Crippen MR) is 78.1 cm³/mol. The van der Waals surface area contributed by atoms with E-state index in [0.29, 0.717) is 17.3 Å². The van der Waals surface area contributed by atoms with E-state index in [2.05, 4.69) is 29.4 Å². The first-order valence-electron chi connectivity index (χ1n) is 6.97. The van der Waals surface area contributed by atoms with Crippen LogP contribution < -0.4 is 11.1 Å². The maximum Gasteiger partial charge on any atom is 0.274 e. The summed E-state index contributed by atoms with van der Waals surface area (Å²) in [5.41, 5.74) is 7.54. The van der Waals surface area contributed by atoms with Crippen LogP contribution >= 0.6 is 0 Å². The van der Waals surface area contributed by atoms with Gasteiger partial charge in [-0.05, 0) is 31.6 Å². The third-order valence-electron chi connectivity index (χ3n) is 3.18. The number of aromatic nitrogens is 2. The Morgan fingerprint density at radius 2 is 1.89 bits per heavy atom. The number of carbonyl (C=O) groups excluding carboxylic acids is 1. The number of aromatic amines is 1. The van der Waals surface area contributed by atoms with Crippen LogP contribution in [0, 0.1) is 5.92 Å². The second-order valence-corrected chi connectivity index (χ2v) is 5.90. The monoisotopic (exact) mass is 266 g/mol. The molecule has 0 spiro atoms. The minimum atomic E-state index is -0.197. The van der Waals surface area contributed by atoms with Crippen LogP contribution in [0.25, 0.3) is 0 Å². The summed E-state index contributed by atoms with van der Waals surface area (Å²) in [6.45, 7) is 10.4. The van der Waals surface area contributed by atoms with Gasteiger partial charge in [0.05, 0.1) is 11.4 Å². The van der Waals surface area contributed by atoms with E-state index < -0.39 is 0 Å². The summed E-state index contributed by atoms with van der Waals surface area (Å²) in [5.74, 6) is 0.673. The van der Waals surface area contributed by atoms with Gasteiger partial charge in [-0.1, -0.05) is 27.7 Å². The van der Waals surface area contributed by atoms with Gasteiger partial charge in [-0.2, -0.15) is 5.10 Å². The fraction of sp³-hybridized carbons (Fsp3) is 0.714. The van der Waals surface area contributed by atoms with E-state index in [1.54, 1.807) is 0 Å². The quantitative estimate of drug-likeness (QED) is 0.740. The number of nitrogens with zero attached hydrogens (tertiary/aromatic N) is 1. The van der Waals surface area contributed by atoms with Gasteiger partial charge in [-0.3, -0.25) is 9.89 Å². The molecule has 4 N–H and O–H groups in total. The average molecular weight is 266 g/mol. The van der Waals surface area contributed by atoms with Crippen molar-refractivity contribution in [2.45, 2.75) is 59.4 Å². The van der Waals surface area contributed by atoms with Crippen molar-refractivity contribution in [2.24, 2.45) is 5.92 Å². The van der Waals surface area contributed by atoms with Crippen LogP contribution in [0.3, 0.4) is 0 Å². The Labute approximate surface area is 115 Å². The normalized spacial score (nSPS) is 13.0. The highest BCUT2D eigenvalue weighted by Gasteiger charge is 2.20. The number of rotatable bonds is 6. The van der Waals surface area contributed by atoms with Crippen molar-refractivity contribution in [3.63, 3.8) is 0 Å². The number of nitrogens with one attached hydrogen (secondary N) is 2. The molecular weight excluding hydrogens is 240 g/mol. The molecule has 0 saturated heterocycles. The largest absolute Gasteiger partial charge is 0.395 e. The lowest BCUT2D eigenvalue weighted by atomic mass is 10.0. The number of amides is 1. The van der Waals surface area contributed by atoms with Crippen molar-refractivity contribution in [1.29, 1.82) is 0 Å². The zero-order chi connectivity index (χ0) is 14.6. The molecule has 1 aromatic rings. The maximum absolute atomic E-state index is 12.1. The predicted octanol–water partition coefficient (Wildman–Crippen LogP) is 2.67. The first-order valence-corrected chi connectivity index (χ1v) is 6.97. The van der Waals surface area contributed by atoms with Crippen LogP contribution in [0.5, 0.6) is 0 Å². The van der Waals surface area contributed by atoms with Crippen molar-refractivity contribution in [3.8, 4) is 0 Å². The molecule has 1 heterocycles. The molecule has 0 aliphatic carbocycles. The Morgan fingerprint density at radius 1 is 1.26 bits per heavy atom. The van der Waals surface area contributed by atoms with Crippen LogP contribution in [0.2, 0.25) is 0 Å². The number of anilines is 1. The second kappa shape index (κ2) is 6.59. The van der Waals surface area contributed by atoms with E-state index >= 15 is 0 Å². The molecule has 1 aromatic heterocycles. The lowest BCUT2D eigenvalue weighted by molar-refractivity contribution is 0.0933. The fourth-order valence-electron chi connectivity index (χ4n) is 1.92. The van der Waals surface area contributed by atoms with Crippen LogP contribution in [0.1, 0.15) is 69.6 Å². The van der Waals surface area contributed by atoms with Gasteiger partial charge in [-0.15, -0.1) is 0 Å². The highest BCUT2D eigenvalue weighted by Crippen LogP contribution is 2.22. The Hall–Kier alpha value is -1.52. The molecule has 19 heavy (non-hydrogen) atoms. The van der Waals surface area contributed by atoms with E-state index in [9.17, 15) is 4.79 Å². The van der Waals surface area contributed by atoms with Crippen molar-refractivity contribution in [2.75, 3.05) is 5.73 Å². The first-order chi connectivity index (χ1) is 8.82. The Bertz CT molecular complexity index is 423. The highest BCUT2D eigenvalue weighted by molar-refractivity contribution is 5.97. The van der Waals surface area contributed by atoms with E-state index in [4.69, 9.17) is 5.73 Å². The molecule has 0 saturated carbocycles. The van der Waals surface area contributed by atoms with Crippen LogP contribution in [0.4, 0.5) is 5.69 Å². The zero-order valence-electron chi connectivity index (χ0n) is 12.6. The summed E-state index contributed by atoms with van der Waals surface area (Å²) < 4.78 is 0. The molecule has 0 radical (unpaired) electrons. The van der Waals surface area contributed by atoms with Gasteiger partial charge in [0.1, 0.15) is 0 Å². The van der Waals surface area contributed by atoms with E-state index in [0.717, 1.165) is 18.5 Å². The summed E-state index contributed by atoms with van der Waals surface area (Å²) in [6.07, 6.45) is 2.06. The molecule has 1 atom stereocenters. The van der Waals surface area contributed by atoms with Crippen molar-refractivity contribution in [3.05, 3.63) is 11.4 Å². The molecule has 5 heteroatoms. The molecule has 108 valence electrons. The van der Waals surface area contributed by atoms with Crippen LogP contribution in [-0.4, -0.2) is 22.1 Å². The molecule has 1 unspecified atom stereocenters. The Kier molecular flexibility index (Phi) is 5.39. The SMILES string of the molecule is CC(C)CCC(C)NC(=O)c1n[nH]c(C(C)C)c1N. The molecule has 0 aliphatic heterocycles. The van der Waals surface area contributed by atoms with Gasteiger partial charge in [-0.25, -0.2) is 0 Å². The van der Waals surface area contributed by atoms with E-state index in [1.165, 1.54) is 0 Å². The molecule has 5 nitrogen and oxygen atoms in total. The van der Waals surface area contributed by atoms with Crippen molar-refractivity contribution >= 4 is 11.6 Å². The standard InChI is InChI=1S/C14H26N4O/c1-8(2)6-7-10(5)16-14(19)13-11(15)12(9(3)4)17-18-13/h8-10H,6-7,15H2,1-5H3,(H,16,19)(H,17,18). The lowest BCUT2D eigenvalue weighted by Crippen LogP contribution is -2.33. The Balaban J connectivity index is 2.63. The number of hydrogen-bond acceptors (Lipinski definition) is 3. The lowest BCUT2D eigenvalue weighted by Gasteiger charge is -2.14. The Morgan fingerprint density at radius 3 is 2.37 bits per heavy atom. The van der Waals surface area contributed by atoms with Gasteiger partial charge in [0.25, 0.3) is 5.91 Å². The zero-order valence-corrected chi connectivity index (χ0v) is 12.6. The van der Waals surface area contributed by atoms with Gasteiger partial charge >= 0.3 is 0 Å². The van der Waals surface area contributed by atoms with Crippen LogP contribution in [0.15, 0.2) is 0 Å². The number of carbonyl (C=O) groups is 1. The molecular formula is C14H26N4O. The molecule has 0 bridgehead atoms. The minimum absolute atomic E-state index is 0.133. The number of nitrogens with two attached hydrogens (primary N) is 1. The number of H-pyrrole nitrogens is 1. The number of hydrogen-bond donors (Lipinski definition) is 3. The van der Waals surface area contributed by atoms with Gasteiger partial charge in [0.15, 0.2) is 5.69 Å². The molecule has 1 amide bonds. The summed E-state index contributed by atoms with van der Waals surface area (Å²) in [4.78, 5) is 12.1. The summed E-state index contributed by atoms with van der Waals surface area (Å²) in [5, 5.41) is 9.81. The second-order valence-electron chi connectivity index (χ2n) is 5.90. The van der Waals surface area contributed by atoms with Crippen molar-refractivity contribution < 1.29 is 4.79 Å². The third kappa shape index (κ3) is 4.26. The highest BCUT2D eigenvalue weighted by atomic mass is 16.2. The summed E-state index contributed by atoms with van der Waals surface area (Å²) in [7, 11) is 0. The van der Waals surface area contributed by atoms with Crippen LogP contribution in [-0.2, 0) is 0 Å². The summed E-state index contributed by atoms with van der Waals surface area (Å²) >= 11 is 0. The maximum atomic E-state index is 12.1. The molecule has 1 rings (SSSR count). The van der Waals surface area contributed by atoms with Crippen molar-refractivity contribution in [1.82, 2.24) is 15.5 Å². The smallest absolute Gasteiger partial charge is 0.274 e. The minimum Gasteiger partial charge on any atom is -0.395 e. The topological polar surface area (TPSA) is 83.8 Å². The average Bonchev–Trinajstić information content (AvgIpc) is 2.68. The number of nitrogen functional groups attached to an aromatic ring is 1. The molecule has 0 aliphatic rings. The molecule has 0 fully saturated rings. The van der Waals surface area contributed by atoms with E-state index in [-0.39, 0.29) is 17.9 Å². The summed E-state index contributed by atoms with van der Waals surface area (Å²) in [6, 6.07) is 0.133. The van der Waals surface area contributed by atoms with Gasteiger partial charge in [0, 0.05) is 6.04 Å². The molecule has 0 aromatic carbocycles. The van der Waals surface area contributed by atoms with Gasteiger partial charge in [0.2, 0.25) is 0 Å². The first kappa shape index (κ1) is 15.5. The fourth-order valence-corrected chi connectivity index (χ4v) is 1.92. The third-order valence-corrected chi connectivity index (χ3v) is 3.18. The van der Waals surface area contributed by atoms with E-state index in [1.807, 2.05) is 20.8 Å².